The average molecular weight is 241 g/mol. The van der Waals surface area contributed by atoms with Crippen molar-refractivity contribution < 1.29 is 4.92 Å². The van der Waals surface area contributed by atoms with E-state index in [4.69, 9.17) is 11.6 Å². The number of hydrogen-bond donors (Lipinski definition) is 0. The van der Waals surface area contributed by atoms with Crippen LogP contribution in [-0.2, 0) is 0 Å². The van der Waals surface area contributed by atoms with E-state index < -0.39 is 11.4 Å². The summed E-state index contributed by atoms with van der Waals surface area (Å²) in [5.74, 6) is 0.0551. The number of alkyl halides is 1. The van der Waals surface area contributed by atoms with Crippen molar-refractivity contribution in [1.82, 2.24) is 4.98 Å². The molecule has 3 atom stereocenters. The van der Waals surface area contributed by atoms with Crippen molar-refractivity contribution in [3.05, 3.63) is 40.2 Å². The van der Waals surface area contributed by atoms with Gasteiger partial charge in [-0.1, -0.05) is 6.07 Å². The number of pyridine rings is 1. The third-order valence-corrected chi connectivity index (χ3v) is 3.75. The molecule has 1 aliphatic carbocycles. The molecule has 0 spiro atoms. The number of aromatic nitrogens is 1. The highest BCUT2D eigenvalue weighted by atomic mass is 35.5. The molecule has 0 aliphatic heterocycles. The number of nitro groups is 1. The molecule has 16 heavy (non-hydrogen) atoms. The minimum Gasteiger partial charge on any atom is -0.264 e. The van der Waals surface area contributed by atoms with E-state index in [0.29, 0.717) is 6.42 Å². The summed E-state index contributed by atoms with van der Waals surface area (Å²) in [6.07, 6.45) is 5.79. The van der Waals surface area contributed by atoms with Crippen LogP contribution in [0, 0.1) is 10.1 Å². The van der Waals surface area contributed by atoms with Gasteiger partial charge in [-0.05, 0) is 24.5 Å². The Morgan fingerprint density at radius 1 is 1.50 bits per heavy atom. The molecule has 2 rings (SSSR count). The van der Waals surface area contributed by atoms with Gasteiger partial charge in [-0.2, -0.15) is 0 Å². The Hall–Kier alpha value is -1.16. The minimum absolute atomic E-state index is 0.0551. The summed E-state index contributed by atoms with van der Waals surface area (Å²) >= 11 is 6.21. The molecule has 0 radical (unpaired) electrons. The van der Waals surface area contributed by atoms with Crippen LogP contribution < -0.4 is 0 Å². The van der Waals surface area contributed by atoms with E-state index in [2.05, 4.69) is 4.98 Å². The lowest BCUT2D eigenvalue weighted by Crippen LogP contribution is -2.37. The third kappa shape index (κ3) is 2.16. The largest absolute Gasteiger partial charge is 0.264 e. The molecule has 3 unspecified atom stereocenters. The van der Waals surface area contributed by atoms with Crippen LogP contribution >= 0.6 is 11.6 Å². The fourth-order valence-electron chi connectivity index (χ4n) is 2.30. The Morgan fingerprint density at radius 2 is 2.31 bits per heavy atom. The van der Waals surface area contributed by atoms with E-state index in [1.165, 1.54) is 0 Å². The van der Waals surface area contributed by atoms with E-state index in [1.54, 1.807) is 12.4 Å². The maximum absolute atomic E-state index is 10.8. The zero-order valence-electron chi connectivity index (χ0n) is 8.75. The molecule has 1 aromatic rings. The number of rotatable bonds is 2. The molecular weight excluding hydrogens is 228 g/mol. The van der Waals surface area contributed by atoms with E-state index in [9.17, 15) is 10.1 Å². The van der Waals surface area contributed by atoms with Gasteiger partial charge in [0, 0.05) is 29.7 Å². The molecule has 0 N–H and O–H groups in total. The number of hydrogen-bond acceptors (Lipinski definition) is 3. The van der Waals surface area contributed by atoms with Crippen LogP contribution in [-0.4, -0.2) is 21.3 Å². The molecule has 0 bridgehead atoms. The predicted molar refractivity (Wildman–Crippen MR) is 61.3 cm³/mol. The smallest absolute Gasteiger partial charge is 0.229 e. The van der Waals surface area contributed by atoms with E-state index in [-0.39, 0.29) is 10.8 Å². The molecule has 4 nitrogen and oxygen atoms in total. The fourth-order valence-corrected chi connectivity index (χ4v) is 2.79. The zero-order valence-corrected chi connectivity index (χ0v) is 9.51. The molecular formula is C11H13ClN2O2. The molecule has 0 amide bonds. The number of nitrogens with zero attached hydrogens (tertiary/aromatic N) is 2. The van der Waals surface area contributed by atoms with Gasteiger partial charge in [-0.15, -0.1) is 11.6 Å². The monoisotopic (exact) mass is 240 g/mol. The second-order valence-electron chi connectivity index (χ2n) is 4.12. The third-order valence-electron chi connectivity index (χ3n) is 3.15. The van der Waals surface area contributed by atoms with Crippen molar-refractivity contribution in [3.8, 4) is 0 Å². The van der Waals surface area contributed by atoms with Crippen molar-refractivity contribution in [1.29, 1.82) is 0 Å². The Balaban J connectivity index is 2.19. The Morgan fingerprint density at radius 3 is 2.94 bits per heavy atom. The highest BCUT2D eigenvalue weighted by Gasteiger charge is 2.39. The van der Waals surface area contributed by atoms with Crippen LogP contribution in [0.4, 0.5) is 0 Å². The first kappa shape index (κ1) is 11.3. The van der Waals surface area contributed by atoms with Crippen LogP contribution in [0.15, 0.2) is 24.5 Å². The van der Waals surface area contributed by atoms with Crippen LogP contribution in [0.2, 0.25) is 0 Å². The molecule has 1 heterocycles. The van der Waals surface area contributed by atoms with Crippen LogP contribution in [0.5, 0.6) is 0 Å². The van der Waals surface area contributed by atoms with Gasteiger partial charge in [-0.3, -0.25) is 15.1 Å². The Bertz CT molecular complexity index is 372. The first-order valence-electron chi connectivity index (χ1n) is 5.37. The molecule has 1 fully saturated rings. The van der Waals surface area contributed by atoms with Crippen LogP contribution in [0.1, 0.15) is 30.7 Å². The van der Waals surface area contributed by atoms with Crippen LogP contribution in [0.3, 0.4) is 0 Å². The Labute approximate surface area is 98.8 Å². The van der Waals surface area contributed by atoms with Crippen molar-refractivity contribution in [3.63, 3.8) is 0 Å². The molecule has 1 aromatic heterocycles. The summed E-state index contributed by atoms with van der Waals surface area (Å²) < 4.78 is 0. The minimum atomic E-state index is -0.624. The van der Waals surface area contributed by atoms with Gasteiger partial charge >= 0.3 is 0 Å². The normalized spacial score (nSPS) is 29.9. The van der Waals surface area contributed by atoms with Gasteiger partial charge in [0.25, 0.3) is 0 Å². The summed E-state index contributed by atoms with van der Waals surface area (Å²) in [7, 11) is 0. The second kappa shape index (κ2) is 4.78. The lowest BCUT2D eigenvalue weighted by Gasteiger charge is -2.29. The lowest BCUT2D eigenvalue weighted by atomic mass is 9.81. The standard InChI is InChI=1S/C11H13ClN2O2/c12-11-9(8-3-2-6-13-7-8)4-1-5-10(11)14(15)16/h2-3,6-7,9-11H,1,4-5H2. The van der Waals surface area contributed by atoms with E-state index in [0.717, 1.165) is 18.4 Å². The highest BCUT2D eigenvalue weighted by Crippen LogP contribution is 2.37. The Kier molecular flexibility index (Phi) is 3.39. The first-order chi connectivity index (χ1) is 7.70. The zero-order chi connectivity index (χ0) is 11.5. The summed E-state index contributed by atoms with van der Waals surface area (Å²) in [5, 5.41) is 10.4. The maximum atomic E-state index is 10.8. The van der Waals surface area contributed by atoms with Crippen molar-refractivity contribution in [2.45, 2.75) is 36.6 Å². The quantitative estimate of drug-likeness (QED) is 0.454. The van der Waals surface area contributed by atoms with Crippen molar-refractivity contribution >= 4 is 11.6 Å². The summed E-state index contributed by atoms with van der Waals surface area (Å²) in [6, 6.07) is 3.16. The van der Waals surface area contributed by atoms with Crippen LogP contribution in [0.25, 0.3) is 0 Å². The summed E-state index contributed by atoms with van der Waals surface area (Å²) in [5.41, 5.74) is 1.01. The van der Waals surface area contributed by atoms with Gasteiger partial charge in [0.05, 0.1) is 0 Å². The maximum Gasteiger partial charge on any atom is 0.229 e. The topological polar surface area (TPSA) is 56.0 Å². The molecule has 1 saturated carbocycles. The number of halogens is 1. The van der Waals surface area contributed by atoms with Gasteiger partial charge in [0.2, 0.25) is 6.04 Å². The van der Waals surface area contributed by atoms with Gasteiger partial charge in [0.15, 0.2) is 0 Å². The molecule has 0 aromatic carbocycles. The van der Waals surface area contributed by atoms with Gasteiger partial charge < -0.3 is 0 Å². The average Bonchev–Trinajstić information content (AvgIpc) is 2.30. The SMILES string of the molecule is O=[N+]([O-])C1CCCC(c2cccnc2)C1Cl. The molecule has 1 aliphatic rings. The summed E-state index contributed by atoms with van der Waals surface area (Å²) in [4.78, 5) is 14.6. The fraction of sp³-hybridized carbons (Fsp3) is 0.545. The highest BCUT2D eigenvalue weighted by molar-refractivity contribution is 6.21. The first-order valence-corrected chi connectivity index (χ1v) is 5.81. The van der Waals surface area contributed by atoms with Crippen molar-refractivity contribution in [2.75, 3.05) is 0 Å². The molecule has 5 heteroatoms. The van der Waals surface area contributed by atoms with E-state index >= 15 is 0 Å². The van der Waals surface area contributed by atoms with Gasteiger partial charge in [0.1, 0.15) is 5.38 Å². The second-order valence-corrected chi connectivity index (χ2v) is 4.62. The van der Waals surface area contributed by atoms with E-state index in [1.807, 2.05) is 12.1 Å². The van der Waals surface area contributed by atoms with Crippen molar-refractivity contribution in [2.24, 2.45) is 0 Å². The molecule has 0 saturated heterocycles. The summed E-state index contributed by atoms with van der Waals surface area (Å²) in [6.45, 7) is 0. The molecule has 86 valence electrons. The lowest BCUT2D eigenvalue weighted by molar-refractivity contribution is -0.525. The van der Waals surface area contributed by atoms with Gasteiger partial charge in [-0.25, -0.2) is 0 Å². The predicted octanol–water partition coefficient (Wildman–Crippen LogP) is 2.60.